The van der Waals surface area contributed by atoms with Crippen LogP contribution in [0.2, 0.25) is 0 Å². The molecule has 13 nitrogen and oxygen atoms in total. The number of carbonyl (C=O) groups excluding carboxylic acids is 3. The summed E-state index contributed by atoms with van der Waals surface area (Å²) in [4.78, 5) is 45.5. The largest absolute Gasteiger partial charge is 0.453 e. The van der Waals surface area contributed by atoms with E-state index >= 15 is 0 Å². The second kappa shape index (κ2) is 12.6. The van der Waals surface area contributed by atoms with Gasteiger partial charge >= 0.3 is 6.09 Å². The molecule has 210 valence electrons. The predicted octanol–water partition coefficient (Wildman–Crippen LogP) is 1.90. The number of piperidine rings is 1. The van der Waals surface area contributed by atoms with Crippen LogP contribution in [-0.4, -0.2) is 59.1 Å². The van der Waals surface area contributed by atoms with Crippen molar-refractivity contribution in [3.8, 4) is 11.3 Å². The number of rotatable bonds is 5. The molecule has 2 aromatic rings. The first kappa shape index (κ1) is 27.9. The third kappa shape index (κ3) is 7.06. The minimum atomic E-state index is -0.618. The van der Waals surface area contributed by atoms with Crippen LogP contribution in [0, 0.1) is 5.92 Å². The van der Waals surface area contributed by atoms with E-state index in [9.17, 15) is 14.4 Å². The number of benzene rings is 1. The van der Waals surface area contributed by atoms with E-state index in [1.54, 1.807) is 24.4 Å². The molecule has 2 bridgehead atoms. The maximum atomic E-state index is 13.0. The first-order chi connectivity index (χ1) is 18.7. The van der Waals surface area contributed by atoms with Gasteiger partial charge in [0.2, 0.25) is 5.91 Å². The number of imidazole rings is 1. The fourth-order valence-corrected chi connectivity index (χ4v) is 4.74. The van der Waals surface area contributed by atoms with Crippen LogP contribution in [-0.2, 0) is 14.3 Å². The summed E-state index contributed by atoms with van der Waals surface area (Å²) in [7, 11) is 1.28. The van der Waals surface area contributed by atoms with E-state index in [1.807, 2.05) is 6.92 Å². The van der Waals surface area contributed by atoms with Crippen molar-refractivity contribution in [2.75, 3.05) is 30.8 Å². The average Bonchev–Trinajstić information content (AvgIpc) is 3.42. The SMILES string of the molecule is COC(=O)Nc1ccc2c(c1)NC(=O)[C@H](C)CCCC(NC(=O)/C(N)=C/N(N)C1CCNCC1)c1ncc-2[nH]1. The van der Waals surface area contributed by atoms with Crippen LogP contribution in [0.5, 0.6) is 0 Å². The Balaban J connectivity index is 1.58. The third-order valence-electron chi connectivity index (χ3n) is 7.09. The topological polar surface area (TPSA) is 193 Å². The van der Waals surface area contributed by atoms with Crippen molar-refractivity contribution < 1.29 is 19.1 Å². The molecule has 4 rings (SSSR count). The molecule has 2 atom stereocenters. The first-order valence-electron chi connectivity index (χ1n) is 13.1. The summed E-state index contributed by atoms with van der Waals surface area (Å²) in [6, 6.07) is 4.78. The van der Waals surface area contributed by atoms with E-state index in [1.165, 1.54) is 18.3 Å². The van der Waals surface area contributed by atoms with Gasteiger partial charge in [0.25, 0.3) is 5.91 Å². The number of aromatic nitrogens is 2. The molecule has 0 aliphatic carbocycles. The van der Waals surface area contributed by atoms with Crippen molar-refractivity contribution >= 4 is 29.3 Å². The molecule has 9 N–H and O–H groups in total. The second-order valence-corrected chi connectivity index (χ2v) is 9.92. The lowest BCUT2D eigenvalue weighted by atomic mass is 9.99. The van der Waals surface area contributed by atoms with Crippen LogP contribution in [0.1, 0.15) is 50.9 Å². The molecule has 13 heteroatoms. The van der Waals surface area contributed by atoms with Crippen molar-refractivity contribution in [2.24, 2.45) is 17.5 Å². The second-order valence-electron chi connectivity index (χ2n) is 9.92. The number of nitrogens with one attached hydrogen (secondary N) is 5. The van der Waals surface area contributed by atoms with E-state index < -0.39 is 18.0 Å². The van der Waals surface area contributed by atoms with Crippen molar-refractivity contribution in [1.29, 1.82) is 0 Å². The molecule has 0 radical (unpaired) electrons. The predicted molar refractivity (Wildman–Crippen MR) is 147 cm³/mol. The number of nitrogens with two attached hydrogens (primary N) is 2. The maximum absolute atomic E-state index is 13.0. The van der Waals surface area contributed by atoms with Crippen LogP contribution < -0.4 is 32.8 Å². The number of hydrogen-bond acceptors (Lipinski definition) is 9. The highest BCUT2D eigenvalue weighted by Gasteiger charge is 2.24. The molecular weight excluding hydrogens is 502 g/mol. The molecule has 0 spiro atoms. The number of hydrazine groups is 1. The van der Waals surface area contributed by atoms with Crippen LogP contribution in [0.4, 0.5) is 16.2 Å². The number of hydrogen-bond donors (Lipinski definition) is 7. The Morgan fingerprint density at radius 1 is 1.21 bits per heavy atom. The molecule has 1 fully saturated rings. The molecule has 1 unspecified atom stereocenters. The van der Waals surface area contributed by atoms with Crippen LogP contribution in [0.3, 0.4) is 0 Å². The van der Waals surface area contributed by atoms with Crippen LogP contribution >= 0.6 is 0 Å². The lowest BCUT2D eigenvalue weighted by Gasteiger charge is -2.30. The van der Waals surface area contributed by atoms with Gasteiger partial charge in [-0.25, -0.2) is 15.6 Å². The lowest BCUT2D eigenvalue weighted by molar-refractivity contribution is -0.120. The number of H-pyrrole nitrogens is 1. The summed E-state index contributed by atoms with van der Waals surface area (Å²) in [6.07, 6.45) is 6.06. The standard InChI is InChI=1S/C26H37N9O4/c1-15-4-3-5-20(33-25(37)19(27)14-35(28)17-8-10-29-11-9-17)23-30-13-22(32-23)18-7-6-16(31-26(38)39-2)12-21(18)34-24(15)36/h6-7,12-15,17,20,29H,3-5,8-11,27-28H2,1-2H3,(H,30,32)(H,31,38)(H,33,37)(H,34,36)/b19-14-/t15-,20?/m1/s1. The smallest absolute Gasteiger partial charge is 0.411 e. The Labute approximate surface area is 227 Å². The number of ether oxygens (including phenoxy) is 1. The Bertz CT molecular complexity index is 1220. The zero-order valence-corrected chi connectivity index (χ0v) is 22.3. The molecule has 2 aliphatic heterocycles. The summed E-state index contributed by atoms with van der Waals surface area (Å²) in [5, 5.41) is 13.4. The summed E-state index contributed by atoms with van der Waals surface area (Å²) in [5.41, 5.74) is 8.42. The molecule has 39 heavy (non-hydrogen) atoms. The van der Waals surface area contributed by atoms with Crippen LogP contribution in [0.25, 0.3) is 11.3 Å². The van der Waals surface area contributed by atoms with Crippen molar-refractivity contribution in [2.45, 2.75) is 51.1 Å². The van der Waals surface area contributed by atoms with Gasteiger partial charge in [-0.05, 0) is 57.0 Å². The maximum Gasteiger partial charge on any atom is 0.411 e. The van der Waals surface area contributed by atoms with Crippen molar-refractivity contribution in [3.63, 3.8) is 0 Å². The molecule has 1 saturated heterocycles. The minimum Gasteiger partial charge on any atom is -0.453 e. The number of fused-ring (bicyclic) bond motifs is 4. The Hall–Kier alpha value is -4.10. The zero-order valence-electron chi connectivity index (χ0n) is 22.3. The van der Waals surface area contributed by atoms with Gasteiger partial charge in [-0.15, -0.1) is 0 Å². The number of aromatic amines is 1. The number of anilines is 2. The van der Waals surface area contributed by atoms with E-state index in [2.05, 4.69) is 36.0 Å². The fraction of sp³-hybridized carbons (Fsp3) is 0.462. The molecule has 1 aromatic heterocycles. The monoisotopic (exact) mass is 539 g/mol. The summed E-state index contributed by atoms with van der Waals surface area (Å²) >= 11 is 0. The fourth-order valence-electron chi connectivity index (χ4n) is 4.74. The molecule has 2 aliphatic rings. The van der Waals surface area contributed by atoms with Gasteiger partial charge in [0.15, 0.2) is 0 Å². The third-order valence-corrected chi connectivity index (χ3v) is 7.09. The highest BCUT2D eigenvalue weighted by atomic mass is 16.5. The summed E-state index contributed by atoms with van der Waals surface area (Å²) in [6.45, 7) is 3.58. The number of methoxy groups -OCH3 is 1. The van der Waals surface area contributed by atoms with E-state index in [4.69, 9.17) is 11.6 Å². The van der Waals surface area contributed by atoms with Gasteiger partial charge in [0.05, 0.1) is 30.7 Å². The number of nitrogens with zero attached hydrogens (tertiary/aromatic N) is 2. The molecule has 3 heterocycles. The normalized spacial score (nSPS) is 20.5. The quantitative estimate of drug-likeness (QED) is 0.169. The highest BCUT2D eigenvalue weighted by molar-refractivity contribution is 5.98. The van der Waals surface area contributed by atoms with E-state index in [0.717, 1.165) is 25.9 Å². The van der Waals surface area contributed by atoms with Gasteiger partial charge in [-0.2, -0.15) is 0 Å². The lowest BCUT2D eigenvalue weighted by Crippen LogP contribution is -2.45. The molecule has 1 aromatic carbocycles. The first-order valence-corrected chi connectivity index (χ1v) is 13.1. The van der Waals surface area contributed by atoms with Gasteiger partial charge in [-0.3, -0.25) is 14.9 Å². The van der Waals surface area contributed by atoms with Gasteiger partial charge < -0.3 is 36.4 Å². The molecule has 0 saturated carbocycles. The van der Waals surface area contributed by atoms with E-state index in [-0.39, 0.29) is 23.6 Å². The Morgan fingerprint density at radius 2 is 1.97 bits per heavy atom. The van der Waals surface area contributed by atoms with Crippen molar-refractivity contribution in [3.05, 3.63) is 42.1 Å². The average molecular weight is 540 g/mol. The Kier molecular flexibility index (Phi) is 9.04. The summed E-state index contributed by atoms with van der Waals surface area (Å²) in [5.74, 6) is 5.86. The highest BCUT2D eigenvalue weighted by Crippen LogP contribution is 2.32. The minimum absolute atomic E-state index is 0.0117. The zero-order chi connectivity index (χ0) is 27.9. The Morgan fingerprint density at radius 3 is 2.72 bits per heavy atom. The molecule has 3 amide bonds. The van der Waals surface area contributed by atoms with Gasteiger partial charge in [0.1, 0.15) is 11.5 Å². The number of amides is 3. The van der Waals surface area contributed by atoms with Gasteiger partial charge in [-0.1, -0.05) is 13.3 Å². The molecular formula is C26H37N9O4. The van der Waals surface area contributed by atoms with Crippen LogP contribution in [0.15, 0.2) is 36.3 Å². The number of carbonyl (C=O) groups is 3. The van der Waals surface area contributed by atoms with Gasteiger partial charge in [0, 0.05) is 29.4 Å². The van der Waals surface area contributed by atoms with E-state index in [0.29, 0.717) is 47.7 Å². The summed E-state index contributed by atoms with van der Waals surface area (Å²) < 4.78 is 4.67. The van der Waals surface area contributed by atoms with Crippen molar-refractivity contribution in [1.82, 2.24) is 25.6 Å².